The van der Waals surface area contributed by atoms with Gasteiger partial charge in [0.2, 0.25) is 5.43 Å². The van der Waals surface area contributed by atoms with Gasteiger partial charge in [0.1, 0.15) is 12.0 Å². The lowest BCUT2D eigenvalue weighted by Gasteiger charge is -2.48. The maximum Gasteiger partial charge on any atom is 0.278 e. The average molecular weight is 449 g/mol. The second-order valence-corrected chi connectivity index (χ2v) is 8.06. The number of aromatic hydroxyl groups is 1. The first-order valence-corrected chi connectivity index (χ1v) is 10.6. The minimum Gasteiger partial charge on any atom is -0.502 e. The first kappa shape index (κ1) is 21.3. The van der Waals surface area contributed by atoms with Gasteiger partial charge in [-0.05, 0) is 38.7 Å². The molecule has 0 unspecified atom stereocenters. The number of aromatic nitrogens is 2. The van der Waals surface area contributed by atoms with Crippen LogP contribution in [0.25, 0.3) is 0 Å². The lowest BCUT2D eigenvalue weighted by molar-refractivity contribution is 0.0534. The van der Waals surface area contributed by atoms with E-state index in [-0.39, 0.29) is 35.3 Å². The predicted octanol–water partition coefficient (Wildman–Crippen LogP) is 2.48. The van der Waals surface area contributed by atoms with Crippen LogP contribution >= 0.6 is 11.6 Å². The Labute approximate surface area is 182 Å². The first-order chi connectivity index (χ1) is 14.8. The van der Waals surface area contributed by atoms with Gasteiger partial charge in [-0.15, -0.1) is 0 Å². The molecule has 1 amide bonds. The van der Waals surface area contributed by atoms with Crippen LogP contribution in [0.4, 0.5) is 4.39 Å². The van der Waals surface area contributed by atoms with Crippen molar-refractivity contribution >= 4 is 23.3 Å². The molecule has 1 fully saturated rings. The third kappa shape index (κ3) is 3.67. The number of hydrogen-bond donors (Lipinski definition) is 1. The summed E-state index contributed by atoms with van der Waals surface area (Å²) in [6.45, 7) is 2.92. The number of amides is 1. The van der Waals surface area contributed by atoms with E-state index in [1.807, 2.05) is 11.9 Å². The third-order valence-electron chi connectivity index (χ3n) is 5.82. The summed E-state index contributed by atoms with van der Waals surface area (Å²) in [6.07, 6.45) is 4.79. The maximum atomic E-state index is 13.2. The zero-order valence-electron chi connectivity index (χ0n) is 17.0. The molecule has 2 aromatic heterocycles. The number of rotatable bonds is 5. The Kier molecular flexibility index (Phi) is 5.70. The lowest BCUT2D eigenvalue weighted by Crippen LogP contribution is -2.63. The van der Waals surface area contributed by atoms with Crippen molar-refractivity contribution < 1.29 is 19.1 Å². The van der Waals surface area contributed by atoms with Gasteiger partial charge in [0.25, 0.3) is 5.91 Å². The first-order valence-electron chi connectivity index (χ1n) is 10.2. The molecule has 0 aromatic carbocycles. The Morgan fingerprint density at radius 1 is 1.35 bits per heavy atom. The van der Waals surface area contributed by atoms with Crippen LogP contribution in [0, 0.1) is 5.82 Å². The Balaban J connectivity index is 1.69. The standard InChI is InChI=1S/C21H22ClFN4O4/c1-2-25-17-5-3-4-8-26(17)27-11-13(19(29)20(30)18(27)21(25)31)16(28)7-6-15-14(22)9-12(23)10-24-15/h9-11,17,30H,2-8H2,1H3/t17-/m0/s1. The monoisotopic (exact) mass is 448 g/mol. The molecule has 1 N–H and O–H groups in total. The van der Waals surface area contributed by atoms with Crippen molar-refractivity contribution in [2.75, 3.05) is 18.1 Å². The van der Waals surface area contributed by atoms with Crippen LogP contribution in [-0.4, -0.2) is 50.6 Å². The Bertz CT molecular complexity index is 1120. The average Bonchev–Trinajstić information content (AvgIpc) is 2.75. The van der Waals surface area contributed by atoms with Gasteiger partial charge in [0, 0.05) is 25.7 Å². The predicted molar refractivity (Wildman–Crippen MR) is 112 cm³/mol. The zero-order chi connectivity index (χ0) is 22.3. The van der Waals surface area contributed by atoms with Crippen molar-refractivity contribution in [1.82, 2.24) is 14.6 Å². The fourth-order valence-electron chi connectivity index (χ4n) is 4.28. The minimum atomic E-state index is -0.880. The van der Waals surface area contributed by atoms with E-state index in [1.54, 1.807) is 4.90 Å². The molecule has 1 saturated heterocycles. The number of piperidine rings is 1. The number of halogens is 2. The van der Waals surface area contributed by atoms with Gasteiger partial charge in [-0.3, -0.25) is 29.1 Å². The molecule has 4 rings (SSSR count). The molecule has 164 valence electrons. The van der Waals surface area contributed by atoms with Crippen LogP contribution in [0.15, 0.2) is 23.3 Å². The number of nitrogens with zero attached hydrogens (tertiary/aromatic N) is 4. The summed E-state index contributed by atoms with van der Waals surface area (Å²) in [6, 6.07) is 1.11. The van der Waals surface area contributed by atoms with Crippen LogP contribution in [0.1, 0.15) is 59.1 Å². The molecule has 4 heterocycles. The van der Waals surface area contributed by atoms with Gasteiger partial charge in [-0.25, -0.2) is 4.39 Å². The number of hydrogen-bond acceptors (Lipinski definition) is 6. The second-order valence-electron chi connectivity index (χ2n) is 7.65. The van der Waals surface area contributed by atoms with Gasteiger partial charge in [-0.2, -0.15) is 0 Å². The molecule has 0 bridgehead atoms. The molecule has 2 aliphatic rings. The number of aryl methyl sites for hydroxylation is 1. The molecular formula is C21H22ClFN4O4. The van der Waals surface area contributed by atoms with Crippen LogP contribution in [0.5, 0.6) is 5.75 Å². The number of fused-ring (bicyclic) bond motifs is 3. The zero-order valence-corrected chi connectivity index (χ0v) is 17.7. The molecule has 2 aromatic rings. The van der Waals surface area contributed by atoms with Crippen molar-refractivity contribution in [2.45, 2.75) is 45.2 Å². The van der Waals surface area contributed by atoms with Gasteiger partial charge in [0.05, 0.1) is 22.5 Å². The largest absolute Gasteiger partial charge is 0.502 e. The van der Waals surface area contributed by atoms with Crippen LogP contribution < -0.4 is 10.4 Å². The Morgan fingerprint density at radius 2 is 2.13 bits per heavy atom. The summed E-state index contributed by atoms with van der Waals surface area (Å²) < 4.78 is 14.6. The van der Waals surface area contributed by atoms with Crippen molar-refractivity contribution in [3.63, 3.8) is 0 Å². The molecule has 0 radical (unpaired) electrons. The SMILES string of the molecule is CCN1C(=O)c2c(O)c(=O)c(C(=O)CCc3ncc(F)cc3Cl)cn2N2CCCC[C@@H]12. The third-order valence-corrected chi connectivity index (χ3v) is 6.15. The molecule has 31 heavy (non-hydrogen) atoms. The second kappa shape index (κ2) is 8.30. The number of ketones is 1. The van der Waals surface area contributed by atoms with Gasteiger partial charge < -0.3 is 10.0 Å². The van der Waals surface area contributed by atoms with Crippen LogP contribution in [0.3, 0.4) is 0 Å². The van der Waals surface area contributed by atoms with E-state index in [0.29, 0.717) is 18.8 Å². The van der Waals surface area contributed by atoms with E-state index in [1.165, 1.54) is 10.9 Å². The summed E-state index contributed by atoms with van der Waals surface area (Å²) in [5.41, 5.74) is -0.871. The Morgan fingerprint density at radius 3 is 2.84 bits per heavy atom. The van der Waals surface area contributed by atoms with E-state index in [4.69, 9.17) is 11.6 Å². The maximum absolute atomic E-state index is 13.2. The molecule has 0 aliphatic carbocycles. The summed E-state index contributed by atoms with van der Waals surface area (Å²) in [5.74, 6) is -2.26. The lowest BCUT2D eigenvalue weighted by atomic mass is 10.0. The molecule has 1 atom stereocenters. The van der Waals surface area contributed by atoms with Crippen LogP contribution in [0.2, 0.25) is 5.02 Å². The topological polar surface area (TPSA) is 95.7 Å². The molecule has 2 aliphatic heterocycles. The van der Waals surface area contributed by atoms with E-state index in [2.05, 4.69) is 4.98 Å². The van der Waals surface area contributed by atoms with E-state index in [0.717, 1.165) is 31.5 Å². The quantitative estimate of drug-likeness (QED) is 0.706. The van der Waals surface area contributed by atoms with Crippen LogP contribution in [-0.2, 0) is 6.42 Å². The van der Waals surface area contributed by atoms with Gasteiger partial charge >= 0.3 is 0 Å². The molecule has 0 saturated carbocycles. The van der Waals surface area contributed by atoms with Crippen molar-refractivity contribution in [1.29, 1.82) is 0 Å². The number of pyridine rings is 2. The van der Waals surface area contributed by atoms with Gasteiger partial charge in [0.15, 0.2) is 17.2 Å². The van der Waals surface area contributed by atoms with E-state index in [9.17, 15) is 23.9 Å². The van der Waals surface area contributed by atoms with Crippen molar-refractivity contribution in [2.24, 2.45) is 0 Å². The molecule has 0 spiro atoms. The summed E-state index contributed by atoms with van der Waals surface area (Å²) >= 11 is 5.96. The fourth-order valence-corrected chi connectivity index (χ4v) is 4.52. The summed E-state index contributed by atoms with van der Waals surface area (Å²) in [7, 11) is 0. The molecule has 10 heteroatoms. The smallest absolute Gasteiger partial charge is 0.278 e. The number of carbonyl (C=O) groups excluding carboxylic acids is 2. The van der Waals surface area contributed by atoms with Crippen molar-refractivity contribution in [3.8, 4) is 5.75 Å². The summed E-state index contributed by atoms with van der Waals surface area (Å²) in [5, 5.41) is 12.6. The van der Waals surface area contributed by atoms with E-state index < -0.39 is 28.7 Å². The summed E-state index contributed by atoms with van der Waals surface area (Å²) in [4.78, 5) is 44.1. The minimum absolute atomic E-state index is 0.0965. The van der Waals surface area contributed by atoms with Crippen molar-refractivity contribution in [3.05, 3.63) is 56.5 Å². The molecular weight excluding hydrogens is 427 g/mol. The highest BCUT2D eigenvalue weighted by molar-refractivity contribution is 6.31. The fraction of sp³-hybridized carbons (Fsp3) is 0.429. The normalized spacial score (nSPS) is 18.0. The highest BCUT2D eigenvalue weighted by Gasteiger charge is 2.40. The van der Waals surface area contributed by atoms with Gasteiger partial charge in [-0.1, -0.05) is 11.6 Å². The number of Topliss-reactive ketones (excluding diaryl/α,β-unsaturated/α-hetero) is 1. The Hall–Kier alpha value is -2.94. The number of carbonyl (C=O) groups is 2. The highest BCUT2D eigenvalue weighted by atomic mass is 35.5. The van der Waals surface area contributed by atoms with E-state index >= 15 is 0 Å². The highest BCUT2D eigenvalue weighted by Crippen LogP contribution is 2.29. The molecule has 8 nitrogen and oxygen atoms in total.